The molecule has 3 heteroatoms. The van der Waals surface area contributed by atoms with Gasteiger partial charge in [-0.25, -0.2) is 4.79 Å². The smallest absolute Gasteiger partial charge is 0.337 e. The van der Waals surface area contributed by atoms with Gasteiger partial charge in [-0.15, -0.1) is 0 Å². The van der Waals surface area contributed by atoms with E-state index in [1.54, 1.807) is 6.92 Å². The molecular weight excluding hydrogens is 204 g/mol. The second-order valence-electron chi connectivity index (χ2n) is 3.93. The van der Waals surface area contributed by atoms with Crippen molar-refractivity contribution in [2.24, 2.45) is 0 Å². The maximum Gasteiger partial charge on any atom is 0.337 e. The van der Waals surface area contributed by atoms with Crippen molar-refractivity contribution >= 4 is 5.97 Å². The number of carbonyl (C=O) groups is 1. The average molecular weight is 218 g/mol. The molecule has 0 fully saturated rings. The number of hydrogen-bond donors (Lipinski definition) is 1. The number of aryl methyl sites for hydroxylation is 1. The molecule has 1 atom stereocenters. The highest BCUT2D eigenvalue weighted by molar-refractivity contribution is 5.90. The van der Waals surface area contributed by atoms with E-state index in [1.807, 2.05) is 30.3 Å². The quantitative estimate of drug-likeness (QED) is 0.792. The lowest BCUT2D eigenvalue weighted by atomic mass is 10.1. The van der Waals surface area contributed by atoms with Crippen LogP contribution in [-0.4, -0.2) is 17.2 Å². The van der Waals surface area contributed by atoms with E-state index in [1.165, 1.54) is 5.56 Å². The lowest BCUT2D eigenvalue weighted by Gasteiger charge is -2.09. The first-order valence-electron chi connectivity index (χ1n) is 5.33. The van der Waals surface area contributed by atoms with Gasteiger partial charge < -0.3 is 9.84 Å². The maximum atomic E-state index is 11.2. The van der Waals surface area contributed by atoms with Crippen molar-refractivity contribution in [2.75, 3.05) is 0 Å². The summed E-state index contributed by atoms with van der Waals surface area (Å²) < 4.78 is 5.04. The molecule has 1 aromatic carbocycles. The van der Waals surface area contributed by atoms with E-state index < -0.39 is 12.1 Å². The van der Waals surface area contributed by atoms with Crippen LogP contribution in [0.25, 0.3) is 0 Å². The molecule has 1 N–H and O–H groups in total. The normalized spacial score (nSPS) is 20.1. The third-order valence-corrected chi connectivity index (χ3v) is 2.78. The molecule has 1 aromatic rings. The molecule has 0 bridgehead atoms. The molecule has 0 amide bonds. The summed E-state index contributed by atoms with van der Waals surface area (Å²) in [7, 11) is 0. The van der Waals surface area contributed by atoms with Gasteiger partial charge in [0.2, 0.25) is 0 Å². The minimum absolute atomic E-state index is 0.0842. The van der Waals surface area contributed by atoms with E-state index in [0.717, 1.165) is 6.42 Å². The molecule has 3 nitrogen and oxygen atoms in total. The summed E-state index contributed by atoms with van der Waals surface area (Å²) in [6.07, 6.45) is 0.947. The SMILES string of the molecule is CC1=C(O)C(CCc2ccccc2)OC1=O. The number of carbonyl (C=O) groups excluding carboxylic acids is 1. The Morgan fingerprint density at radius 2 is 2.00 bits per heavy atom. The van der Waals surface area contributed by atoms with Gasteiger partial charge in [0.1, 0.15) is 5.76 Å². The summed E-state index contributed by atoms with van der Waals surface area (Å²) in [5.41, 5.74) is 1.51. The number of aliphatic hydroxyl groups is 1. The molecule has 0 spiro atoms. The summed E-state index contributed by atoms with van der Waals surface area (Å²) in [6, 6.07) is 9.93. The Kier molecular flexibility index (Phi) is 2.95. The highest BCUT2D eigenvalue weighted by atomic mass is 16.6. The average Bonchev–Trinajstić information content (AvgIpc) is 2.56. The van der Waals surface area contributed by atoms with Gasteiger partial charge in [-0.1, -0.05) is 30.3 Å². The van der Waals surface area contributed by atoms with Crippen molar-refractivity contribution in [3.63, 3.8) is 0 Å². The first-order chi connectivity index (χ1) is 7.68. The van der Waals surface area contributed by atoms with Gasteiger partial charge in [-0.05, 0) is 25.3 Å². The summed E-state index contributed by atoms with van der Waals surface area (Å²) in [4.78, 5) is 11.2. The topological polar surface area (TPSA) is 46.5 Å². The van der Waals surface area contributed by atoms with E-state index in [9.17, 15) is 9.90 Å². The number of aliphatic hydroxyl groups excluding tert-OH is 1. The number of rotatable bonds is 3. The first kappa shape index (κ1) is 10.7. The number of esters is 1. The standard InChI is InChI=1S/C13H14O3/c1-9-12(14)11(16-13(9)15)8-7-10-5-3-2-4-6-10/h2-6,11,14H,7-8H2,1H3. The molecule has 0 aliphatic carbocycles. The molecule has 1 heterocycles. The summed E-state index contributed by atoms with van der Waals surface area (Å²) in [6.45, 7) is 1.58. The lowest BCUT2D eigenvalue weighted by molar-refractivity contribution is -0.140. The molecule has 1 aliphatic heterocycles. The number of benzene rings is 1. The molecule has 84 valence electrons. The van der Waals surface area contributed by atoms with Crippen LogP contribution in [0.3, 0.4) is 0 Å². The zero-order valence-corrected chi connectivity index (χ0v) is 9.14. The van der Waals surface area contributed by atoms with E-state index >= 15 is 0 Å². The van der Waals surface area contributed by atoms with Gasteiger partial charge >= 0.3 is 5.97 Å². The van der Waals surface area contributed by atoms with Crippen molar-refractivity contribution in [2.45, 2.75) is 25.9 Å². The lowest BCUT2D eigenvalue weighted by Crippen LogP contribution is -2.12. The van der Waals surface area contributed by atoms with E-state index in [2.05, 4.69) is 0 Å². The Morgan fingerprint density at radius 3 is 2.56 bits per heavy atom. The highest BCUT2D eigenvalue weighted by Crippen LogP contribution is 2.23. The molecule has 2 rings (SSSR count). The van der Waals surface area contributed by atoms with Gasteiger partial charge in [0.15, 0.2) is 6.10 Å². The van der Waals surface area contributed by atoms with Crippen molar-refractivity contribution in [3.05, 3.63) is 47.2 Å². The predicted molar refractivity (Wildman–Crippen MR) is 60.0 cm³/mol. The molecule has 0 radical (unpaired) electrons. The molecule has 16 heavy (non-hydrogen) atoms. The van der Waals surface area contributed by atoms with Crippen LogP contribution in [0, 0.1) is 0 Å². The zero-order valence-electron chi connectivity index (χ0n) is 9.14. The minimum Gasteiger partial charge on any atom is -0.508 e. The minimum atomic E-state index is -0.465. The van der Waals surface area contributed by atoms with Crippen LogP contribution in [0.15, 0.2) is 41.7 Å². The van der Waals surface area contributed by atoms with Crippen LogP contribution in [0.1, 0.15) is 18.9 Å². The van der Waals surface area contributed by atoms with Crippen LogP contribution in [0.5, 0.6) is 0 Å². The van der Waals surface area contributed by atoms with Gasteiger partial charge in [-0.2, -0.15) is 0 Å². The van der Waals surface area contributed by atoms with E-state index in [-0.39, 0.29) is 5.76 Å². The third kappa shape index (κ3) is 2.08. The predicted octanol–water partition coefficient (Wildman–Crippen LogP) is 2.38. The van der Waals surface area contributed by atoms with Crippen molar-refractivity contribution in [3.8, 4) is 0 Å². The van der Waals surface area contributed by atoms with Gasteiger partial charge in [0.25, 0.3) is 0 Å². The number of cyclic esters (lactones) is 1. The summed E-state index contributed by atoms with van der Waals surface area (Å²) in [5, 5.41) is 9.64. The summed E-state index contributed by atoms with van der Waals surface area (Å²) in [5.74, 6) is -0.323. The maximum absolute atomic E-state index is 11.2. The Morgan fingerprint density at radius 1 is 1.31 bits per heavy atom. The van der Waals surface area contributed by atoms with Crippen LogP contribution in [0.4, 0.5) is 0 Å². The Hall–Kier alpha value is -1.77. The van der Waals surface area contributed by atoms with Gasteiger partial charge in [0, 0.05) is 0 Å². The van der Waals surface area contributed by atoms with Gasteiger partial charge in [0.05, 0.1) is 5.57 Å². The van der Waals surface area contributed by atoms with Crippen LogP contribution >= 0.6 is 0 Å². The molecule has 1 unspecified atom stereocenters. The van der Waals surface area contributed by atoms with Gasteiger partial charge in [-0.3, -0.25) is 0 Å². The summed E-state index contributed by atoms with van der Waals surface area (Å²) >= 11 is 0. The highest BCUT2D eigenvalue weighted by Gasteiger charge is 2.30. The van der Waals surface area contributed by atoms with Crippen molar-refractivity contribution in [1.82, 2.24) is 0 Å². The molecule has 0 saturated carbocycles. The fourth-order valence-electron chi connectivity index (χ4n) is 1.76. The fourth-order valence-corrected chi connectivity index (χ4v) is 1.76. The number of hydrogen-bond acceptors (Lipinski definition) is 3. The van der Waals surface area contributed by atoms with Crippen molar-refractivity contribution in [1.29, 1.82) is 0 Å². The molecular formula is C13H14O3. The Bertz CT molecular complexity index is 420. The van der Waals surface area contributed by atoms with Crippen LogP contribution in [-0.2, 0) is 16.0 Å². The molecule has 0 saturated heterocycles. The Balaban J connectivity index is 1.96. The van der Waals surface area contributed by atoms with E-state index in [0.29, 0.717) is 12.0 Å². The second-order valence-corrected chi connectivity index (χ2v) is 3.93. The van der Waals surface area contributed by atoms with Crippen LogP contribution in [0.2, 0.25) is 0 Å². The number of ether oxygens (including phenoxy) is 1. The van der Waals surface area contributed by atoms with Crippen LogP contribution < -0.4 is 0 Å². The fraction of sp³-hybridized carbons (Fsp3) is 0.308. The van der Waals surface area contributed by atoms with Crippen molar-refractivity contribution < 1.29 is 14.6 Å². The first-order valence-corrected chi connectivity index (χ1v) is 5.33. The monoisotopic (exact) mass is 218 g/mol. The third-order valence-electron chi connectivity index (χ3n) is 2.78. The molecule has 0 aromatic heterocycles. The molecule has 1 aliphatic rings. The largest absolute Gasteiger partial charge is 0.508 e. The van der Waals surface area contributed by atoms with E-state index in [4.69, 9.17) is 4.74 Å². The second kappa shape index (κ2) is 4.39. The zero-order chi connectivity index (χ0) is 11.5. The Labute approximate surface area is 94.4 Å².